The van der Waals surface area contributed by atoms with E-state index in [1.165, 1.54) is 0 Å². The summed E-state index contributed by atoms with van der Waals surface area (Å²) in [7, 11) is 0. The molecule has 11 heteroatoms. The molecule has 3 N–H and O–H groups in total. The fourth-order valence-corrected chi connectivity index (χ4v) is 4.38. The largest absolute Gasteiger partial charge is 0.490 e. The molecular weight excluding hydrogens is 466 g/mol. The Hall–Kier alpha value is -2.72. The van der Waals surface area contributed by atoms with Crippen LogP contribution in [0.3, 0.4) is 0 Å². The van der Waals surface area contributed by atoms with Gasteiger partial charge in [-0.15, -0.1) is 11.3 Å². The molecule has 1 aliphatic rings. The number of aliphatic carboxylic acids is 1. The number of carbonyl (C=O) groups is 3. The average Bonchev–Trinajstić information content (AvgIpc) is 3.17. The Morgan fingerprint density at radius 3 is 2.16 bits per heavy atom. The Morgan fingerprint density at radius 1 is 1.03 bits per heavy atom. The van der Waals surface area contributed by atoms with Crippen molar-refractivity contribution < 1.29 is 33.0 Å². The number of ether oxygens (including phenoxy) is 1. The first-order valence-corrected chi connectivity index (χ1v) is 11.1. The van der Waals surface area contributed by atoms with Crippen LogP contribution in [0, 0.1) is 17.6 Å². The van der Waals surface area contributed by atoms with Crippen LogP contribution in [0.25, 0.3) is 0 Å². The number of hydrogen-bond donors (Lipinski definition) is 3. The number of benzene rings is 1. The van der Waals surface area contributed by atoms with E-state index in [0.29, 0.717) is 34.9 Å². The van der Waals surface area contributed by atoms with Crippen LogP contribution in [0.1, 0.15) is 45.7 Å². The van der Waals surface area contributed by atoms with E-state index in [2.05, 4.69) is 10.6 Å². The number of carbonyl (C=O) groups excluding carboxylic acids is 2. The van der Waals surface area contributed by atoms with Crippen LogP contribution < -0.4 is 15.4 Å². The zero-order chi connectivity index (χ0) is 23.3. The lowest BCUT2D eigenvalue weighted by molar-refractivity contribution is -0.143. The lowest BCUT2D eigenvalue weighted by atomic mass is 9.87. The molecular formula is C21H21ClF2N2O5S. The van der Waals surface area contributed by atoms with E-state index in [-0.39, 0.29) is 30.9 Å². The SMILES string of the molecule is O=C(NCCNC(=O)c1c(F)cc(OC2CCC(C(=O)O)CC2)cc1F)c1ccc(Cl)s1. The van der Waals surface area contributed by atoms with Gasteiger partial charge in [-0.25, -0.2) is 8.78 Å². The minimum atomic E-state index is -1.08. The van der Waals surface area contributed by atoms with Crippen LogP contribution in [0.2, 0.25) is 4.34 Å². The molecule has 172 valence electrons. The first-order valence-electron chi connectivity index (χ1n) is 9.95. The normalized spacial score (nSPS) is 18.1. The van der Waals surface area contributed by atoms with Gasteiger partial charge in [0.2, 0.25) is 0 Å². The van der Waals surface area contributed by atoms with Crippen molar-refractivity contribution in [1.29, 1.82) is 0 Å². The molecule has 1 aliphatic carbocycles. The van der Waals surface area contributed by atoms with E-state index in [4.69, 9.17) is 21.4 Å². The van der Waals surface area contributed by atoms with Crippen molar-refractivity contribution in [1.82, 2.24) is 10.6 Å². The monoisotopic (exact) mass is 486 g/mol. The fourth-order valence-electron chi connectivity index (χ4n) is 3.42. The van der Waals surface area contributed by atoms with Crippen molar-refractivity contribution in [2.24, 2.45) is 5.92 Å². The van der Waals surface area contributed by atoms with Gasteiger partial charge in [0.25, 0.3) is 11.8 Å². The van der Waals surface area contributed by atoms with Crippen LogP contribution in [0.5, 0.6) is 5.75 Å². The Balaban J connectivity index is 1.50. The van der Waals surface area contributed by atoms with E-state index in [0.717, 1.165) is 23.5 Å². The lowest BCUT2D eigenvalue weighted by Crippen LogP contribution is -2.35. The zero-order valence-corrected chi connectivity index (χ0v) is 18.4. The summed E-state index contributed by atoms with van der Waals surface area (Å²) in [6, 6.07) is 5.02. The molecule has 0 spiro atoms. The quantitative estimate of drug-likeness (QED) is 0.491. The molecule has 1 heterocycles. The standard InChI is InChI=1S/C21H21ClF2N2O5S/c22-17-6-5-16(32-17)19(27)25-7-8-26-20(28)18-14(23)9-13(10-15(18)24)31-12-3-1-11(2-4-12)21(29)30/h5-6,9-12H,1-4,7-8H2,(H,25,27)(H,26,28)(H,29,30). The Bertz CT molecular complexity index is 985. The molecule has 0 unspecified atom stereocenters. The number of carboxylic acids is 1. The molecule has 32 heavy (non-hydrogen) atoms. The van der Waals surface area contributed by atoms with E-state index >= 15 is 0 Å². The summed E-state index contributed by atoms with van der Waals surface area (Å²) in [6.07, 6.45) is 1.45. The number of thiophene rings is 1. The summed E-state index contributed by atoms with van der Waals surface area (Å²) in [4.78, 5) is 35.5. The maximum atomic E-state index is 14.4. The lowest BCUT2D eigenvalue weighted by Gasteiger charge is -2.26. The van der Waals surface area contributed by atoms with Gasteiger partial charge in [-0.2, -0.15) is 0 Å². The van der Waals surface area contributed by atoms with E-state index in [1.807, 2.05) is 0 Å². The summed E-state index contributed by atoms with van der Waals surface area (Å²) in [5.74, 6) is -4.82. The van der Waals surface area contributed by atoms with Crippen LogP contribution in [0.4, 0.5) is 8.78 Å². The Labute approximate surface area is 191 Å². The van der Waals surface area contributed by atoms with Crippen molar-refractivity contribution in [2.75, 3.05) is 13.1 Å². The number of nitrogens with one attached hydrogen (secondary N) is 2. The maximum Gasteiger partial charge on any atom is 0.306 e. The fraction of sp³-hybridized carbons (Fsp3) is 0.381. The van der Waals surface area contributed by atoms with Gasteiger partial charge in [0.05, 0.1) is 21.2 Å². The highest BCUT2D eigenvalue weighted by Gasteiger charge is 2.27. The highest BCUT2D eigenvalue weighted by molar-refractivity contribution is 7.17. The second-order valence-corrected chi connectivity index (χ2v) is 9.02. The smallest absolute Gasteiger partial charge is 0.306 e. The van der Waals surface area contributed by atoms with Crippen LogP contribution >= 0.6 is 22.9 Å². The molecule has 1 saturated carbocycles. The minimum absolute atomic E-state index is 0.0341. The summed E-state index contributed by atoms with van der Waals surface area (Å²) < 4.78 is 34.9. The molecule has 0 saturated heterocycles. The van der Waals surface area contributed by atoms with Crippen molar-refractivity contribution in [3.63, 3.8) is 0 Å². The average molecular weight is 487 g/mol. The van der Waals surface area contributed by atoms with Crippen molar-refractivity contribution >= 4 is 40.7 Å². The zero-order valence-electron chi connectivity index (χ0n) is 16.8. The third-order valence-electron chi connectivity index (χ3n) is 5.06. The highest BCUT2D eigenvalue weighted by Crippen LogP contribution is 2.29. The van der Waals surface area contributed by atoms with Gasteiger partial charge in [0.15, 0.2) is 0 Å². The van der Waals surface area contributed by atoms with Gasteiger partial charge in [-0.05, 0) is 37.8 Å². The predicted octanol–water partition coefficient (Wildman–Crippen LogP) is 3.86. The summed E-state index contributed by atoms with van der Waals surface area (Å²) in [5, 5.41) is 13.9. The first-order chi connectivity index (χ1) is 15.2. The van der Waals surface area contributed by atoms with Crippen molar-refractivity contribution in [2.45, 2.75) is 31.8 Å². The first kappa shape index (κ1) is 23.9. The maximum absolute atomic E-state index is 14.4. The molecule has 0 aliphatic heterocycles. The highest BCUT2D eigenvalue weighted by atomic mass is 35.5. The van der Waals surface area contributed by atoms with E-state index in [1.54, 1.807) is 12.1 Å². The van der Waals surface area contributed by atoms with Crippen LogP contribution in [-0.4, -0.2) is 42.1 Å². The predicted molar refractivity (Wildman–Crippen MR) is 114 cm³/mol. The second-order valence-electron chi connectivity index (χ2n) is 7.31. The number of hydrogen-bond acceptors (Lipinski definition) is 5. The van der Waals surface area contributed by atoms with Gasteiger partial charge in [-0.1, -0.05) is 11.6 Å². The summed E-state index contributed by atoms with van der Waals surface area (Å²) in [5.41, 5.74) is -0.747. The molecule has 3 rings (SSSR count). The minimum Gasteiger partial charge on any atom is -0.490 e. The van der Waals surface area contributed by atoms with Gasteiger partial charge < -0.3 is 20.5 Å². The number of carboxylic acid groups (broad SMARTS) is 1. The van der Waals surface area contributed by atoms with Gasteiger partial charge in [0.1, 0.15) is 22.9 Å². The van der Waals surface area contributed by atoms with Crippen LogP contribution in [0.15, 0.2) is 24.3 Å². The molecule has 7 nitrogen and oxygen atoms in total. The topological polar surface area (TPSA) is 105 Å². The molecule has 1 aromatic carbocycles. The van der Waals surface area contributed by atoms with Gasteiger partial charge in [-0.3, -0.25) is 14.4 Å². The molecule has 1 fully saturated rings. The Morgan fingerprint density at radius 2 is 1.62 bits per heavy atom. The van der Waals surface area contributed by atoms with Gasteiger partial charge in [0, 0.05) is 25.2 Å². The Kier molecular flexibility index (Phi) is 8.03. The third kappa shape index (κ3) is 6.17. The number of halogens is 3. The van der Waals surface area contributed by atoms with Gasteiger partial charge >= 0.3 is 5.97 Å². The number of rotatable bonds is 8. The molecule has 2 aromatic rings. The molecule has 2 amide bonds. The molecule has 0 radical (unpaired) electrons. The second kappa shape index (κ2) is 10.7. The third-order valence-corrected chi connectivity index (χ3v) is 6.29. The summed E-state index contributed by atoms with van der Waals surface area (Å²) in [6.45, 7) is 0.0250. The van der Waals surface area contributed by atoms with Crippen LogP contribution in [-0.2, 0) is 4.79 Å². The van der Waals surface area contributed by atoms with E-state index < -0.39 is 35.0 Å². The van der Waals surface area contributed by atoms with E-state index in [9.17, 15) is 23.2 Å². The molecule has 0 atom stereocenters. The van der Waals surface area contributed by atoms with Crippen molar-refractivity contribution in [3.05, 3.63) is 50.7 Å². The molecule has 0 bridgehead atoms. The van der Waals surface area contributed by atoms with Crippen molar-refractivity contribution in [3.8, 4) is 5.75 Å². The summed E-state index contributed by atoms with van der Waals surface area (Å²) >= 11 is 6.87. The molecule has 1 aromatic heterocycles. The number of amides is 2.